The third kappa shape index (κ3) is 4.66. The predicted molar refractivity (Wildman–Crippen MR) is 99.8 cm³/mol. The molecule has 0 unspecified atom stereocenters. The normalized spacial score (nSPS) is 20.3. The fourth-order valence-corrected chi connectivity index (χ4v) is 3.69. The summed E-state index contributed by atoms with van der Waals surface area (Å²) in [7, 11) is 3.40. The quantitative estimate of drug-likeness (QED) is 0.797. The third-order valence-electron chi connectivity index (χ3n) is 5.00. The summed E-state index contributed by atoms with van der Waals surface area (Å²) in [5.41, 5.74) is 2.49. The van der Waals surface area contributed by atoms with E-state index in [4.69, 9.17) is 21.1 Å². The zero-order chi connectivity index (χ0) is 17.6. The fourth-order valence-electron chi connectivity index (χ4n) is 3.49. The van der Waals surface area contributed by atoms with Crippen LogP contribution in [0, 0.1) is 0 Å². The lowest BCUT2D eigenvalue weighted by Crippen LogP contribution is -3.27. The molecule has 0 aliphatic carbocycles. The lowest BCUT2D eigenvalue weighted by molar-refractivity contribution is -1.02. The summed E-state index contributed by atoms with van der Waals surface area (Å²) in [6.45, 7) is 6.66. The summed E-state index contributed by atoms with van der Waals surface area (Å²) in [5.74, 6) is 1.75. The molecule has 4 nitrogen and oxygen atoms in total. The molecule has 3 rings (SSSR count). The maximum absolute atomic E-state index is 6.29. The van der Waals surface area contributed by atoms with Gasteiger partial charge in [0.2, 0.25) is 0 Å². The molecule has 0 radical (unpaired) electrons. The van der Waals surface area contributed by atoms with E-state index in [0.717, 1.165) is 42.7 Å². The molecule has 134 valence electrons. The van der Waals surface area contributed by atoms with Crippen LogP contribution < -0.4 is 19.3 Å². The number of halogens is 1. The van der Waals surface area contributed by atoms with Crippen molar-refractivity contribution in [3.05, 3.63) is 58.6 Å². The minimum atomic E-state index is 0.838. The molecule has 2 N–H and O–H groups in total. The van der Waals surface area contributed by atoms with Gasteiger partial charge < -0.3 is 19.3 Å². The summed E-state index contributed by atoms with van der Waals surface area (Å²) in [6.07, 6.45) is 0. The molecular weight excluding hydrogens is 336 g/mol. The van der Waals surface area contributed by atoms with Gasteiger partial charge in [-0.25, -0.2) is 0 Å². The maximum atomic E-state index is 6.29. The van der Waals surface area contributed by atoms with Gasteiger partial charge in [-0.1, -0.05) is 29.8 Å². The lowest BCUT2D eigenvalue weighted by Gasteiger charge is -2.30. The molecule has 5 heteroatoms. The van der Waals surface area contributed by atoms with E-state index in [1.165, 1.54) is 24.2 Å². The van der Waals surface area contributed by atoms with E-state index >= 15 is 0 Å². The second-order valence-corrected chi connectivity index (χ2v) is 7.03. The van der Waals surface area contributed by atoms with Crippen LogP contribution in [0.1, 0.15) is 11.1 Å². The highest BCUT2D eigenvalue weighted by atomic mass is 35.5. The Balaban J connectivity index is 1.55. The van der Waals surface area contributed by atoms with E-state index < -0.39 is 0 Å². The summed E-state index contributed by atoms with van der Waals surface area (Å²) >= 11 is 6.29. The second kappa shape index (κ2) is 8.56. The predicted octanol–water partition coefficient (Wildman–Crippen LogP) is 0.841. The lowest BCUT2D eigenvalue weighted by atomic mass is 10.1. The van der Waals surface area contributed by atoms with Gasteiger partial charge in [0, 0.05) is 22.2 Å². The number of ether oxygens (including phenoxy) is 2. The summed E-state index contributed by atoms with van der Waals surface area (Å²) in [6, 6.07) is 14.3. The average molecular weight is 363 g/mol. The highest BCUT2D eigenvalue weighted by molar-refractivity contribution is 6.31. The molecule has 2 aromatic rings. The average Bonchev–Trinajstić information content (AvgIpc) is 2.65. The van der Waals surface area contributed by atoms with Gasteiger partial charge in [-0.15, -0.1) is 0 Å². The fraction of sp³-hybridized carbons (Fsp3) is 0.400. The number of quaternary nitrogens is 2. The number of hydrogen-bond donors (Lipinski definition) is 2. The Morgan fingerprint density at radius 3 is 2.08 bits per heavy atom. The molecule has 0 bridgehead atoms. The number of hydrogen-bond acceptors (Lipinski definition) is 2. The zero-order valence-corrected chi connectivity index (χ0v) is 15.7. The Labute approximate surface area is 154 Å². The summed E-state index contributed by atoms with van der Waals surface area (Å²) in [4.78, 5) is 3.21. The Kier molecular flexibility index (Phi) is 6.19. The zero-order valence-electron chi connectivity index (χ0n) is 15.0. The molecule has 1 saturated heterocycles. The van der Waals surface area contributed by atoms with E-state index in [1.807, 2.05) is 24.3 Å². The van der Waals surface area contributed by atoms with Crippen LogP contribution in [0.2, 0.25) is 5.02 Å². The van der Waals surface area contributed by atoms with Crippen molar-refractivity contribution in [3.63, 3.8) is 0 Å². The first-order valence-electron chi connectivity index (χ1n) is 8.81. The standard InChI is InChI=1S/C20H25ClN2O2/c1-24-18-8-7-17(20(13-18)25-2)15-23-11-9-22(10-12-23)14-16-5-3-4-6-19(16)21/h3-8,13H,9-12,14-15H2,1-2H3/p+2. The number of rotatable bonds is 6. The molecule has 0 atom stereocenters. The van der Waals surface area contributed by atoms with Crippen molar-refractivity contribution in [2.24, 2.45) is 0 Å². The van der Waals surface area contributed by atoms with Gasteiger partial charge in [0.1, 0.15) is 50.8 Å². The maximum Gasteiger partial charge on any atom is 0.131 e. The van der Waals surface area contributed by atoms with Crippen LogP contribution in [0.25, 0.3) is 0 Å². The van der Waals surface area contributed by atoms with Crippen molar-refractivity contribution < 1.29 is 19.3 Å². The Morgan fingerprint density at radius 2 is 1.48 bits per heavy atom. The van der Waals surface area contributed by atoms with Gasteiger partial charge in [0.05, 0.1) is 14.2 Å². The molecule has 0 saturated carbocycles. The SMILES string of the molecule is COc1ccc(C[NH+]2CC[NH+](Cc3ccccc3Cl)CC2)c(OC)c1. The first kappa shape index (κ1) is 18.1. The van der Waals surface area contributed by atoms with Crippen LogP contribution in [-0.4, -0.2) is 40.4 Å². The van der Waals surface area contributed by atoms with Crippen molar-refractivity contribution in [1.82, 2.24) is 0 Å². The minimum absolute atomic E-state index is 0.838. The van der Waals surface area contributed by atoms with Gasteiger partial charge in [-0.05, 0) is 18.2 Å². The van der Waals surface area contributed by atoms with Crippen LogP contribution in [0.5, 0.6) is 11.5 Å². The van der Waals surface area contributed by atoms with Gasteiger partial charge in [0.25, 0.3) is 0 Å². The molecule has 0 spiro atoms. The monoisotopic (exact) mass is 362 g/mol. The molecule has 0 aromatic heterocycles. The smallest absolute Gasteiger partial charge is 0.131 e. The van der Waals surface area contributed by atoms with Crippen LogP contribution in [0.3, 0.4) is 0 Å². The molecule has 1 aliphatic heterocycles. The van der Waals surface area contributed by atoms with E-state index in [0.29, 0.717) is 0 Å². The summed E-state index contributed by atoms with van der Waals surface area (Å²) in [5, 5.41) is 0.882. The van der Waals surface area contributed by atoms with Crippen LogP contribution in [-0.2, 0) is 13.1 Å². The van der Waals surface area contributed by atoms with E-state index in [1.54, 1.807) is 24.0 Å². The Bertz CT molecular complexity index is 700. The first-order chi connectivity index (χ1) is 12.2. The van der Waals surface area contributed by atoms with Crippen molar-refractivity contribution in [2.45, 2.75) is 13.1 Å². The van der Waals surface area contributed by atoms with Crippen molar-refractivity contribution in [3.8, 4) is 11.5 Å². The molecular formula is C20H27ClN2O2+2. The highest BCUT2D eigenvalue weighted by Gasteiger charge is 2.24. The van der Waals surface area contributed by atoms with Gasteiger partial charge in [-0.3, -0.25) is 0 Å². The van der Waals surface area contributed by atoms with Crippen molar-refractivity contribution in [1.29, 1.82) is 0 Å². The number of benzene rings is 2. The number of methoxy groups -OCH3 is 2. The molecule has 2 aromatic carbocycles. The van der Waals surface area contributed by atoms with Crippen molar-refractivity contribution >= 4 is 11.6 Å². The first-order valence-corrected chi connectivity index (χ1v) is 9.19. The van der Waals surface area contributed by atoms with Gasteiger partial charge in [-0.2, -0.15) is 0 Å². The number of piperazine rings is 1. The molecule has 25 heavy (non-hydrogen) atoms. The van der Waals surface area contributed by atoms with Crippen LogP contribution in [0.15, 0.2) is 42.5 Å². The molecule has 1 heterocycles. The topological polar surface area (TPSA) is 27.3 Å². The summed E-state index contributed by atoms with van der Waals surface area (Å²) < 4.78 is 10.8. The third-order valence-corrected chi connectivity index (χ3v) is 5.37. The molecule has 1 aliphatic rings. The molecule has 0 amide bonds. The van der Waals surface area contributed by atoms with Crippen LogP contribution in [0.4, 0.5) is 0 Å². The largest absolute Gasteiger partial charge is 0.497 e. The van der Waals surface area contributed by atoms with Gasteiger partial charge >= 0.3 is 0 Å². The number of nitrogens with one attached hydrogen (secondary N) is 2. The van der Waals surface area contributed by atoms with E-state index in [9.17, 15) is 0 Å². The van der Waals surface area contributed by atoms with Crippen LogP contribution >= 0.6 is 11.6 Å². The highest BCUT2D eigenvalue weighted by Crippen LogP contribution is 2.23. The van der Waals surface area contributed by atoms with E-state index in [2.05, 4.69) is 18.2 Å². The Hall–Kier alpha value is -1.75. The van der Waals surface area contributed by atoms with Gasteiger partial charge in [0.15, 0.2) is 0 Å². The minimum Gasteiger partial charge on any atom is -0.497 e. The second-order valence-electron chi connectivity index (χ2n) is 6.62. The Morgan fingerprint density at radius 1 is 0.840 bits per heavy atom. The molecule has 1 fully saturated rings. The van der Waals surface area contributed by atoms with Crippen molar-refractivity contribution in [2.75, 3.05) is 40.4 Å². The van der Waals surface area contributed by atoms with E-state index in [-0.39, 0.29) is 0 Å².